The van der Waals surface area contributed by atoms with Gasteiger partial charge in [0.2, 0.25) is 12.3 Å². The van der Waals surface area contributed by atoms with Crippen molar-refractivity contribution in [3.8, 4) is 17.1 Å². The second-order valence-electron chi connectivity index (χ2n) is 7.79. The molecule has 1 heterocycles. The zero-order chi connectivity index (χ0) is 25.8. The van der Waals surface area contributed by atoms with Gasteiger partial charge in [-0.3, -0.25) is 19.6 Å². The van der Waals surface area contributed by atoms with Crippen molar-refractivity contribution in [3.63, 3.8) is 0 Å². The molecule has 0 aliphatic carbocycles. The van der Waals surface area contributed by atoms with Crippen molar-refractivity contribution in [2.75, 3.05) is 19.8 Å². The lowest BCUT2D eigenvalue weighted by Crippen LogP contribution is -2.42. The van der Waals surface area contributed by atoms with Gasteiger partial charge < -0.3 is 24.9 Å². The SMILES string of the molecule is CCCCCC(CN(O)C=O)C(=O)NCNC(=O)c1ccc(-c2cc(OCC)cc(C(=O)O)c2)o1. The number of nitrogens with one attached hydrogen (secondary N) is 2. The van der Waals surface area contributed by atoms with E-state index in [1.165, 1.54) is 24.3 Å². The Labute approximate surface area is 203 Å². The Hall–Kier alpha value is -3.86. The number of furan rings is 1. The van der Waals surface area contributed by atoms with Crippen LogP contribution >= 0.6 is 0 Å². The molecule has 11 heteroatoms. The van der Waals surface area contributed by atoms with Gasteiger partial charge in [-0.1, -0.05) is 26.2 Å². The molecule has 2 rings (SSSR count). The lowest BCUT2D eigenvalue weighted by Gasteiger charge is -2.19. The average molecular weight is 490 g/mol. The predicted octanol–water partition coefficient (Wildman–Crippen LogP) is 2.89. The molecule has 0 aliphatic rings. The van der Waals surface area contributed by atoms with Gasteiger partial charge in [0, 0.05) is 5.56 Å². The molecule has 0 fully saturated rings. The molecular formula is C24H31N3O8. The molecule has 4 N–H and O–H groups in total. The van der Waals surface area contributed by atoms with Crippen LogP contribution in [0, 0.1) is 5.92 Å². The summed E-state index contributed by atoms with van der Waals surface area (Å²) in [7, 11) is 0. The molecule has 0 radical (unpaired) electrons. The highest BCUT2D eigenvalue weighted by Gasteiger charge is 2.21. The summed E-state index contributed by atoms with van der Waals surface area (Å²) in [5.74, 6) is -2.14. The Bertz CT molecular complexity index is 1020. The van der Waals surface area contributed by atoms with E-state index in [1.807, 2.05) is 6.92 Å². The fourth-order valence-electron chi connectivity index (χ4n) is 3.39. The first-order valence-corrected chi connectivity index (χ1v) is 11.4. The molecule has 0 spiro atoms. The quantitative estimate of drug-likeness (QED) is 0.0977. The number of hydroxylamine groups is 2. The summed E-state index contributed by atoms with van der Waals surface area (Å²) >= 11 is 0. The number of carboxylic acid groups (broad SMARTS) is 1. The highest BCUT2D eigenvalue weighted by Crippen LogP contribution is 2.28. The first kappa shape index (κ1) is 27.4. The molecular weight excluding hydrogens is 458 g/mol. The zero-order valence-corrected chi connectivity index (χ0v) is 19.8. The Balaban J connectivity index is 2.00. The molecule has 35 heavy (non-hydrogen) atoms. The molecule has 0 saturated heterocycles. The van der Waals surface area contributed by atoms with E-state index < -0.39 is 23.7 Å². The number of carboxylic acids is 1. The zero-order valence-electron chi connectivity index (χ0n) is 19.8. The number of hydrogen-bond donors (Lipinski definition) is 4. The Kier molecular flexibility index (Phi) is 10.8. The molecule has 1 aromatic heterocycles. The highest BCUT2D eigenvalue weighted by atomic mass is 16.5. The topological polar surface area (TPSA) is 158 Å². The van der Waals surface area contributed by atoms with Crippen LogP contribution in [0.3, 0.4) is 0 Å². The van der Waals surface area contributed by atoms with E-state index in [-0.39, 0.29) is 36.7 Å². The van der Waals surface area contributed by atoms with Crippen LogP contribution < -0.4 is 15.4 Å². The van der Waals surface area contributed by atoms with Crippen molar-refractivity contribution in [1.29, 1.82) is 0 Å². The molecule has 1 aromatic carbocycles. The minimum absolute atomic E-state index is 0.0144. The van der Waals surface area contributed by atoms with Gasteiger partial charge in [-0.05, 0) is 43.7 Å². The van der Waals surface area contributed by atoms with E-state index in [0.717, 1.165) is 19.3 Å². The van der Waals surface area contributed by atoms with E-state index in [9.17, 15) is 29.5 Å². The van der Waals surface area contributed by atoms with Crippen molar-refractivity contribution < 1.29 is 38.6 Å². The molecule has 1 unspecified atom stereocenters. The molecule has 190 valence electrons. The van der Waals surface area contributed by atoms with Gasteiger partial charge in [0.15, 0.2) is 5.76 Å². The second kappa shape index (κ2) is 13.8. The third-order valence-corrected chi connectivity index (χ3v) is 5.15. The molecule has 11 nitrogen and oxygen atoms in total. The Morgan fingerprint density at radius 2 is 1.91 bits per heavy atom. The van der Waals surface area contributed by atoms with E-state index in [1.54, 1.807) is 13.0 Å². The summed E-state index contributed by atoms with van der Waals surface area (Å²) in [5.41, 5.74) is 0.444. The van der Waals surface area contributed by atoms with Crippen LogP contribution in [0.1, 0.15) is 60.4 Å². The molecule has 0 aliphatic heterocycles. The summed E-state index contributed by atoms with van der Waals surface area (Å²) in [4.78, 5) is 47.0. The van der Waals surface area contributed by atoms with Crippen LogP contribution in [-0.2, 0) is 9.59 Å². The summed E-state index contributed by atoms with van der Waals surface area (Å²) in [6.45, 7) is 3.82. The van der Waals surface area contributed by atoms with Gasteiger partial charge >= 0.3 is 5.97 Å². The van der Waals surface area contributed by atoms with Crippen molar-refractivity contribution >= 4 is 24.2 Å². The molecule has 2 aromatic rings. The summed E-state index contributed by atoms with van der Waals surface area (Å²) in [6.07, 6.45) is 3.35. The van der Waals surface area contributed by atoms with E-state index in [2.05, 4.69) is 10.6 Å². The standard InChI is InChI=1S/C24H31N3O8/c1-3-5-6-7-16(13-27(33)15-28)22(29)25-14-26-23(30)21-9-8-20(35-21)17-10-18(24(31)32)12-19(11-17)34-4-2/h8-12,15-16,33H,3-7,13-14H2,1-2H3,(H,25,29)(H,26,30)(H,31,32). The molecule has 1 atom stereocenters. The number of carbonyl (C=O) groups is 4. The van der Waals surface area contributed by atoms with E-state index >= 15 is 0 Å². The van der Waals surface area contributed by atoms with Gasteiger partial charge in [0.25, 0.3) is 5.91 Å². The minimum atomic E-state index is -1.13. The van der Waals surface area contributed by atoms with E-state index in [4.69, 9.17) is 9.15 Å². The van der Waals surface area contributed by atoms with Crippen LogP contribution in [0.5, 0.6) is 5.75 Å². The lowest BCUT2D eigenvalue weighted by atomic mass is 10.0. The van der Waals surface area contributed by atoms with Crippen LogP contribution in [0.2, 0.25) is 0 Å². The third kappa shape index (κ3) is 8.45. The molecule has 0 bridgehead atoms. The van der Waals surface area contributed by atoms with Crippen LogP contribution in [-0.4, -0.2) is 59.4 Å². The number of benzene rings is 1. The fraction of sp³-hybridized carbons (Fsp3) is 0.417. The first-order chi connectivity index (χ1) is 16.8. The second-order valence-corrected chi connectivity index (χ2v) is 7.79. The number of aromatic carboxylic acids is 1. The molecule has 3 amide bonds. The van der Waals surface area contributed by atoms with Crippen LogP contribution in [0.4, 0.5) is 0 Å². The first-order valence-electron chi connectivity index (χ1n) is 11.4. The maximum atomic E-state index is 12.5. The van der Waals surface area contributed by atoms with Crippen molar-refractivity contribution in [2.45, 2.75) is 39.5 Å². The Morgan fingerprint density at radius 1 is 1.14 bits per heavy atom. The van der Waals surface area contributed by atoms with Gasteiger partial charge in [-0.25, -0.2) is 9.86 Å². The summed E-state index contributed by atoms with van der Waals surface area (Å²) < 4.78 is 11.0. The van der Waals surface area contributed by atoms with Crippen molar-refractivity contribution in [3.05, 3.63) is 41.7 Å². The number of carbonyl (C=O) groups excluding carboxylic acids is 3. The van der Waals surface area contributed by atoms with Gasteiger partial charge in [0.05, 0.1) is 31.3 Å². The number of hydrogen-bond acceptors (Lipinski definition) is 7. The monoisotopic (exact) mass is 489 g/mol. The summed E-state index contributed by atoms with van der Waals surface area (Å²) in [5, 5.41) is 24.3. The third-order valence-electron chi connectivity index (χ3n) is 5.15. The largest absolute Gasteiger partial charge is 0.494 e. The van der Waals surface area contributed by atoms with Crippen LogP contribution in [0.15, 0.2) is 34.7 Å². The average Bonchev–Trinajstić information content (AvgIpc) is 3.34. The smallest absolute Gasteiger partial charge is 0.335 e. The van der Waals surface area contributed by atoms with Gasteiger partial charge in [0.1, 0.15) is 11.5 Å². The minimum Gasteiger partial charge on any atom is -0.494 e. The number of nitrogens with zero attached hydrogens (tertiary/aromatic N) is 1. The number of amides is 3. The summed E-state index contributed by atoms with van der Waals surface area (Å²) in [6, 6.07) is 7.38. The van der Waals surface area contributed by atoms with Crippen molar-refractivity contribution in [1.82, 2.24) is 15.7 Å². The number of unbranched alkanes of at least 4 members (excludes halogenated alkanes) is 2. The highest BCUT2D eigenvalue weighted by molar-refractivity contribution is 5.93. The molecule has 0 saturated carbocycles. The van der Waals surface area contributed by atoms with Gasteiger partial charge in [-0.2, -0.15) is 0 Å². The Morgan fingerprint density at radius 3 is 2.57 bits per heavy atom. The predicted molar refractivity (Wildman–Crippen MR) is 125 cm³/mol. The van der Waals surface area contributed by atoms with Gasteiger partial charge in [-0.15, -0.1) is 0 Å². The van der Waals surface area contributed by atoms with Crippen molar-refractivity contribution in [2.24, 2.45) is 5.92 Å². The maximum Gasteiger partial charge on any atom is 0.335 e. The number of rotatable bonds is 15. The normalized spacial score (nSPS) is 11.4. The van der Waals surface area contributed by atoms with Crippen LogP contribution in [0.25, 0.3) is 11.3 Å². The number of ether oxygens (including phenoxy) is 1. The maximum absolute atomic E-state index is 12.5. The lowest BCUT2D eigenvalue weighted by molar-refractivity contribution is -0.154. The van der Waals surface area contributed by atoms with E-state index in [0.29, 0.717) is 29.4 Å². The fourth-order valence-corrected chi connectivity index (χ4v) is 3.39.